The van der Waals surface area contributed by atoms with Gasteiger partial charge in [0.1, 0.15) is 11.0 Å². The van der Waals surface area contributed by atoms with Crippen molar-refractivity contribution in [3.8, 4) is 11.4 Å². The summed E-state index contributed by atoms with van der Waals surface area (Å²) in [6.45, 7) is 2.10. The lowest BCUT2D eigenvalue weighted by Gasteiger charge is -2.03. The standard InChI is InChI=1S/C13H15ClN2O/c1-9-4-3-5-10(8-9)13-15-11(6-7-17)12(14)16(13)2/h3-5,8,17H,6-7H2,1-2H3. The molecule has 0 aliphatic rings. The van der Waals surface area contributed by atoms with Crippen molar-refractivity contribution in [3.05, 3.63) is 40.7 Å². The summed E-state index contributed by atoms with van der Waals surface area (Å²) >= 11 is 6.17. The molecule has 0 saturated heterocycles. The predicted molar refractivity (Wildman–Crippen MR) is 69.2 cm³/mol. The molecule has 2 aromatic rings. The normalized spacial score (nSPS) is 10.8. The molecule has 0 unspecified atom stereocenters. The van der Waals surface area contributed by atoms with Crippen molar-refractivity contribution < 1.29 is 5.11 Å². The molecule has 0 bridgehead atoms. The highest BCUT2D eigenvalue weighted by Gasteiger charge is 2.13. The molecule has 4 heteroatoms. The van der Waals surface area contributed by atoms with E-state index < -0.39 is 0 Å². The molecule has 0 atom stereocenters. The Kier molecular flexibility index (Phi) is 3.50. The Labute approximate surface area is 106 Å². The summed E-state index contributed by atoms with van der Waals surface area (Å²) in [6, 6.07) is 8.12. The van der Waals surface area contributed by atoms with Gasteiger partial charge in [-0.1, -0.05) is 35.4 Å². The van der Waals surface area contributed by atoms with Crippen LogP contribution in [-0.4, -0.2) is 21.3 Å². The van der Waals surface area contributed by atoms with E-state index in [4.69, 9.17) is 16.7 Å². The Morgan fingerprint density at radius 2 is 2.18 bits per heavy atom. The number of aromatic nitrogens is 2. The summed E-state index contributed by atoms with van der Waals surface area (Å²) in [7, 11) is 1.88. The van der Waals surface area contributed by atoms with Gasteiger partial charge in [-0.05, 0) is 13.0 Å². The van der Waals surface area contributed by atoms with Crippen molar-refractivity contribution in [1.29, 1.82) is 0 Å². The molecule has 90 valence electrons. The Bertz CT molecular complexity index is 534. The first-order valence-corrected chi connectivity index (χ1v) is 5.90. The summed E-state index contributed by atoms with van der Waals surface area (Å²) in [5.74, 6) is 0.835. The van der Waals surface area contributed by atoms with Crippen LogP contribution in [-0.2, 0) is 13.5 Å². The van der Waals surface area contributed by atoms with E-state index in [1.54, 1.807) is 0 Å². The Hall–Kier alpha value is -1.32. The third-order valence-corrected chi connectivity index (χ3v) is 3.19. The number of hydrogen-bond acceptors (Lipinski definition) is 2. The van der Waals surface area contributed by atoms with Gasteiger partial charge in [-0.15, -0.1) is 0 Å². The molecule has 2 rings (SSSR count). The van der Waals surface area contributed by atoms with Crippen LogP contribution < -0.4 is 0 Å². The van der Waals surface area contributed by atoms with Crippen LogP contribution in [0.4, 0.5) is 0 Å². The largest absolute Gasteiger partial charge is 0.396 e. The number of aliphatic hydroxyl groups excluding tert-OH is 1. The average Bonchev–Trinajstić information content (AvgIpc) is 2.58. The highest BCUT2D eigenvalue weighted by Crippen LogP contribution is 2.25. The number of nitrogens with zero attached hydrogens (tertiary/aromatic N) is 2. The maximum Gasteiger partial charge on any atom is 0.141 e. The second-order valence-electron chi connectivity index (χ2n) is 4.08. The third kappa shape index (κ3) is 2.35. The number of rotatable bonds is 3. The highest BCUT2D eigenvalue weighted by atomic mass is 35.5. The zero-order valence-corrected chi connectivity index (χ0v) is 10.7. The van der Waals surface area contributed by atoms with Crippen molar-refractivity contribution in [2.45, 2.75) is 13.3 Å². The van der Waals surface area contributed by atoms with Crippen molar-refractivity contribution in [2.24, 2.45) is 7.05 Å². The van der Waals surface area contributed by atoms with Crippen LogP contribution in [0.2, 0.25) is 5.15 Å². The van der Waals surface area contributed by atoms with Crippen LogP contribution in [0, 0.1) is 6.92 Å². The monoisotopic (exact) mass is 250 g/mol. The second-order valence-corrected chi connectivity index (χ2v) is 4.43. The van der Waals surface area contributed by atoms with Gasteiger partial charge in [0.25, 0.3) is 0 Å². The molecule has 17 heavy (non-hydrogen) atoms. The predicted octanol–water partition coefficient (Wildman–Crippen LogP) is 2.58. The van der Waals surface area contributed by atoms with Gasteiger partial charge in [0.2, 0.25) is 0 Å². The third-order valence-electron chi connectivity index (χ3n) is 2.72. The van der Waals surface area contributed by atoms with E-state index in [-0.39, 0.29) is 6.61 Å². The maximum absolute atomic E-state index is 8.95. The van der Waals surface area contributed by atoms with E-state index in [0.717, 1.165) is 17.1 Å². The lowest BCUT2D eigenvalue weighted by Crippen LogP contribution is -1.93. The van der Waals surface area contributed by atoms with Gasteiger partial charge in [-0.25, -0.2) is 4.98 Å². The topological polar surface area (TPSA) is 38.1 Å². The molecule has 0 saturated carbocycles. The van der Waals surface area contributed by atoms with E-state index in [1.165, 1.54) is 5.56 Å². The molecule has 0 fully saturated rings. The first kappa shape index (κ1) is 12.1. The SMILES string of the molecule is Cc1cccc(-c2nc(CCO)c(Cl)n2C)c1. The highest BCUT2D eigenvalue weighted by molar-refractivity contribution is 6.30. The molecular formula is C13H15ClN2O. The minimum atomic E-state index is 0.0595. The molecule has 0 aliphatic heterocycles. The van der Waals surface area contributed by atoms with Crippen LogP contribution in [0.3, 0.4) is 0 Å². The average molecular weight is 251 g/mol. The van der Waals surface area contributed by atoms with E-state index in [2.05, 4.69) is 11.1 Å². The van der Waals surface area contributed by atoms with Gasteiger partial charge < -0.3 is 9.67 Å². The van der Waals surface area contributed by atoms with Crippen molar-refractivity contribution >= 4 is 11.6 Å². The number of benzene rings is 1. The Morgan fingerprint density at radius 1 is 1.41 bits per heavy atom. The second kappa shape index (κ2) is 4.90. The van der Waals surface area contributed by atoms with Crippen molar-refractivity contribution in [2.75, 3.05) is 6.61 Å². The molecule has 1 aromatic heterocycles. The quantitative estimate of drug-likeness (QED) is 0.909. The number of halogens is 1. The minimum absolute atomic E-state index is 0.0595. The number of aryl methyl sites for hydroxylation is 1. The van der Waals surface area contributed by atoms with Gasteiger partial charge in [-0.2, -0.15) is 0 Å². The fraction of sp³-hybridized carbons (Fsp3) is 0.308. The van der Waals surface area contributed by atoms with Crippen LogP contribution in [0.25, 0.3) is 11.4 Å². The minimum Gasteiger partial charge on any atom is -0.396 e. The van der Waals surface area contributed by atoms with Gasteiger partial charge in [0, 0.05) is 25.6 Å². The fourth-order valence-corrected chi connectivity index (χ4v) is 2.06. The Morgan fingerprint density at radius 3 is 2.82 bits per heavy atom. The Balaban J connectivity index is 2.49. The molecule has 1 N–H and O–H groups in total. The lowest BCUT2D eigenvalue weighted by atomic mass is 10.1. The smallest absolute Gasteiger partial charge is 0.141 e. The molecule has 0 aliphatic carbocycles. The zero-order valence-electron chi connectivity index (χ0n) is 9.94. The molecule has 1 aromatic carbocycles. The van der Waals surface area contributed by atoms with Crippen LogP contribution in [0.15, 0.2) is 24.3 Å². The number of imidazole rings is 1. The molecule has 0 radical (unpaired) electrons. The molecule has 1 heterocycles. The summed E-state index contributed by atoms with van der Waals surface area (Å²) in [6.07, 6.45) is 0.485. The van der Waals surface area contributed by atoms with E-state index >= 15 is 0 Å². The molecule has 3 nitrogen and oxygen atoms in total. The van der Waals surface area contributed by atoms with Crippen LogP contribution in [0.1, 0.15) is 11.3 Å². The number of hydrogen-bond donors (Lipinski definition) is 1. The summed E-state index contributed by atoms with van der Waals surface area (Å²) in [5, 5.41) is 9.54. The van der Waals surface area contributed by atoms with Gasteiger partial charge in [0.15, 0.2) is 0 Å². The van der Waals surface area contributed by atoms with Gasteiger partial charge in [-0.3, -0.25) is 0 Å². The zero-order chi connectivity index (χ0) is 12.4. The van der Waals surface area contributed by atoms with Gasteiger partial charge >= 0.3 is 0 Å². The van der Waals surface area contributed by atoms with Crippen molar-refractivity contribution in [1.82, 2.24) is 9.55 Å². The number of aliphatic hydroxyl groups is 1. The molecule has 0 amide bonds. The lowest BCUT2D eigenvalue weighted by molar-refractivity contribution is 0.298. The first-order chi connectivity index (χ1) is 8.13. The van der Waals surface area contributed by atoms with Crippen LogP contribution in [0.5, 0.6) is 0 Å². The fourth-order valence-electron chi connectivity index (χ4n) is 1.84. The van der Waals surface area contributed by atoms with Gasteiger partial charge in [0.05, 0.1) is 5.69 Å². The summed E-state index contributed by atoms with van der Waals surface area (Å²) in [4.78, 5) is 4.48. The molecule has 0 spiro atoms. The summed E-state index contributed by atoms with van der Waals surface area (Å²) in [5.41, 5.74) is 2.97. The summed E-state index contributed by atoms with van der Waals surface area (Å²) < 4.78 is 1.85. The van der Waals surface area contributed by atoms with E-state index in [0.29, 0.717) is 11.6 Å². The van der Waals surface area contributed by atoms with E-state index in [1.807, 2.05) is 36.7 Å². The first-order valence-electron chi connectivity index (χ1n) is 5.52. The van der Waals surface area contributed by atoms with E-state index in [9.17, 15) is 0 Å². The molecular weight excluding hydrogens is 236 g/mol. The van der Waals surface area contributed by atoms with Crippen LogP contribution >= 0.6 is 11.6 Å². The maximum atomic E-state index is 8.95. The van der Waals surface area contributed by atoms with Crippen molar-refractivity contribution in [3.63, 3.8) is 0 Å².